The lowest BCUT2D eigenvalue weighted by Crippen LogP contribution is -2.49. The van der Waals surface area contributed by atoms with E-state index in [-0.39, 0.29) is 5.91 Å². The average Bonchev–Trinajstić information content (AvgIpc) is 2.28. The van der Waals surface area contributed by atoms with Crippen LogP contribution < -0.4 is 5.73 Å². The number of hydrogen-bond acceptors (Lipinski definition) is 4. The predicted octanol–water partition coefficient (Wildman–Crippen LogP) is -0.238. The van der Waals surface area contributed by atoms with Gasteiger partial charge < -0.3 is 10.5 Å². The van der Waals surface area contributed by atoms with Gasteiger partial charge in [0.2, 0.25) is 0 Å². The maximum atomic E-state index is 11.9. The first-order valence-corrected chi connectivity index (χ1v) is 4.76. The van der Waals surface area contributed by atoms with Crippen molar-refractivity contribution in [2.24, 2.45) is 11.1 Å². The van der Waals surface area contributed by atoms with Crippen molar-refractivity contribution in [2.45, 2.75) is 12.8 Å². The summed E-state index contributed by atoms with van der Waals surface area (Å²) in [5, 5.41) is 1.25. The minimum Gasteiger partial charge on any atom is -0.381 e. The van der Waals surface area contributed by atoms with E-state index in [0.717, 1.165) is 0 Å². The lowest BCUT2D eigenvalue weighted by atomic mass is 9.79. The largest absolute Gasteiger partial charge is 0.381 e. The number of carbonyl (C=O) groups excluding carboxylic acids is 1. The van der Waals surface area contributed by atoms with Gasteiger partial charge in [-0.1, -0.05) is 0 Å². The molecular weight excluding hydrogens is 184 g/mol. The van der Waals surface area contributed by atoms with Crippen molar-refractivity contribution in [3.8, 4) is 0 Å². The fourth-order valence-corrected chi connectivity index (χ4v) is 1.68. The summed E-state index contributed by atoms with van der Waals surface area (Å²) < 4.78 is 5.22. The molecule has 0 aromatic heterocycles. The number of carbonyl (C=O) groups is 1. The Morgan fingerprint density at radius 3 is 2.57 bits per heavy atom. The van der Waals surface area contributed by atoms with Crippen molar-refractivity contribution in [1.29, 1.82) is 0 Å². The van der Waals surface area contributed by atoms with Crippen LogP contribution in [-0.2, 0) is 14.4 Å². The lowest BCUT2D eigenvalue weighted by molar-refractivity contribution is -0.184. The van der Waals surface area contributed by atoms with Crippen LogP contribution in [0.1, 0.15) is 12.8 Å². The Balaban J connectivity index is 2.72. The molecule has 1 rings (SSSR count). The Hall–Kier alpha value is -0.650. The number of nitrogens with zero attached hydrogens (tertiary/aromatic N) is 1. The van der Waals surface area contributed by atoms with Gasteiger partial charge in [0.1, 0.15) is 0 Å². The Kier molecular flexibility index (Phi) is 3.86. The van der Waals surface area contributed by atoms with E-state index in [9.17, 15) is 4.79 Å². The number of hydrogen-bond donors (Lipinski definition) is 1. The maximum absolute atomic E-state index is 11.9. The molecule has 5 nitrogen and oxygen atoms in total. The van der Waals surface area contributed by atoms with Gasteiger partial charge in [0.15, 0.2) is 0 Å². The van der Waals surface area contributed by atoms with Gasteiger partial charge in [-0.2, -0.15) is 0 Å². The summed E-state index contributed by atoms with van der Waals surface area (Å²) in [6, 6.07) is 0. The molecule has 0 atom stereocenters. The summed E-state index contributed by atoms with van der Waals surface area (Å²) >= 11 is 0. The monoisotopic (exact) mass is 202 g/mol. The third-order valence-electron chi connectivity index (χ3n) is 2.85. The molecule has 1 heterocycles. The van der Waals surface area contributed by atoms with Crippen molar-refractivity contribution in [1.82, 2.24) is 5.06 Å². The molecule has 14 heavy (non-hydrogen) atoms. The third-order valence-corrected chi connectivity index (χ3v) is 2.85. The molecule has 0 spiro atoms. The molecule has 0 radical (unpaired) electrons. The number of nitrogens with two attached hydrogens (primary N) is 1. The van der Waals surface area contributed by atoms with E-state index in [2.05, 4.69) is 0 Å². The van der Waals surface area contributed by atoms with Gasteiger partial charge in [0.25, 0.3) is 5.91 Å². The zero-order valence-electron chi connectivity index (χ0n) is 8.78. The molecular formula is C9H18N2O3. The molecule has 2 N–H and O–H groups in total. The Morgan fingerprint density at radius 2 is 2.14 bits per heavy atom. The van der Waals surface area contributed by atoms with Crippen LogP contribution in [0.3, 0.4) is 0 Å². The number of amides is 1. The second-order valence-electron chi connectivity index (χ2n) is 3.58. The Bertz CT molecular complexity index is 202. The lowest BCUT2D eigenvalue weighted by Gasteiger charge is -2.36. The first-order chi connectivity index (χ1) is 6.66. The fourth-order valence-electron chi connectivity index (χ4n) is 1.68. The molecule has 1 aliphatic heterocycles. The fraction of sp³-hybridized carbons (Fsp3) is 0.889. The molecule has 0 bridgehead atoms. The standard InChI is InChI=1S/C9H18N2O3/c1-11(13-2)8(12)9(7-10)3-5-14-6-4-9/h3-7,10H2,1-2H3. The van der Waals surface area contributed by atoms with Gasteiger partial charge >= 0.3 is 0 Å². The average molecular weight is 202 g/mol. The molecule has 0 aromatic rings. The zero-order chi connectivity index (χ0) is 10.6. The van der Waals surface area contributed by atoms with Crippen molar-refractivity contribution in [2.75, 3.05) is 33.9 Å². The second-order valence-corrected chi connectivity index (χ2v) is 3.58. The van der Waals surface area contributed by atoms with E-state index in [4.69, 9.17) is 15.3 Å². The van der Waals surface area contributed by atoms with Gasteiger partial charge in [0, 0.05) is 26.8 Å². The minimum absolute atomic E-state index is 0.0502. The highest BCUT2D eigenvalue weighted by molar-refractivity contribution is 5.82. The Labute approximate surface area is 84.1 Å². The molecule has 0 aliphatic carbocycles. The topological polar surface area (TPSA) is 64.8 Å². The van der Waals surface area contributed by atoms with Gasteiger partial charge in [0.05, 0.1) is 12.5 Å². The molecule has 1 fully saturated rings. The molecule has 0 aromatic carbocycles. The van der Waals surface area contributed by atoms with Crippen molar-refractivity contribution >= 4 is 5.91 Å². The van der Waals surface area contributed by atoms with Crippen LogP contribution in [0.2, 0.25) is 0 Å². The van der Waals surface area contributed by atoms with Crippen molar-refractivity contribution in [3.63, 3.8) is 0 Å². The van der Waals surface area contributed by atoms with E-state index in [1.807, 2.05) is 0 Å². The number of rotatable bonds is 3. The highest BCUT2D eigenvalue weighted by Crippen LogP contribution is 2.31. The van der Waals surface area contributed by atoms with Crippen LogP contribution >= 0.6 is 0 Å². The molecule has 1 saturated heterocycles. The third kappa shape index (κ3) is 2.05. The minimum atomic E-state index is -0.483. The van der Waals surface area contributed by atoms with Crippen LogP contribution in [0, 0.1) is 5.41 Å². The van der Waals surface area contributed by atoms with Crippen molar-refractivity contribution < 1.29 is 14.4 Å². The predicted molar refractivity (Wildman–Crippen MR) is 51.3 cm³/mol. The van der Waals surface area contributed by atoms with Crippen LogP contribution in [0.15, 0.2) is 0 Å². The number of ether oxygens (including phenoxy) is 1. The van der Waals surface area contributed by atoms with E-state index < -0.39 is 5.41 Å². The van der Waals surface area contributed by atoms with Gasteiger partial charge in [-0.15, -0.1) is 0 Å². The SMILES string of the molecule is CON(C)C(=O)C1(CN)CCOCC1. The summed E-state index contributed by atoms with van der Waals surface area (Å²) in [6.07, 6.45) is 1.35. The van der Waals surface area contributed by atoms with Gasteiger partial charge in [-0.05, 0) is 12.8 Å². The normalized spacial score (nSPS) is 20.5. The van der Waals surface area contributed by atoms with Crippen molar-refractivity contribution in [3.05, 3.63) is 0 Å². The summed E-state index contributed by atoms with van der Waals surface area (Å²) in [5.74, 6) is -0.0502. The van der Waals surface area contributed by atoms with Crippen LogP contribution in [-0.4, -0.2) is 44.9 Å². The van der Waals surface area contributed by atoms with E-state index >= 15 is 0 Å². The zero-order valence-corrected chi connectivity index (χ0v) is 8.78. The van der Waals surface area contributed by atoms with Crippen LogP contribution in [0.5, 0.6) is 0 Å². The van der Waals surface area contributed by atoms with Crippen LogP contribution in [0.4, 0.5) is 0 Å². The molecule has 82 valence electrons. The first kappa shape index (κ1) is 11.4. The first-order valence-electron chi connectivity index (χ1n) is 4.76. The van der Waals surface area contributed by atoms with Crippen LogP contribution in [0.25, 0.3) is 0 Å². The molecule has 1 amide bonds. The summed E-state index contributed by atoms with van der Waals surface area (Å²) in [6.45, 7) is 1.55. The number of hydroxylamine groups is 2. The molecule has 1 aliphatic rings. The summed E-state index contributed by atoms with van der Waals surface area (Å²) in [7, 11) is 3.08. The van der Waals surface area contributed by atoms with Gasteiger partial charge in [-0.3, -0.25) is 9.63 Å². The van der Waals surface area contributed by atoms with E-state index in [1.165, 1.54) is 12.2 Å². The van der Waals surface area contributed by atoms with E-state index in [1.54, 1.807) is 7.05 Å². The molecule has 0 unspecified atom stereocenters. The second kappa shape index (κ2) is 4.72. The molecule has 5 heteroatoms. The summed E-state index contributed by atoms with van der Waals surface area (Å²) in [4.78, 5) is 16.8. The summed E-state index contributed by atoms with van der Waals surface area (Å²) in [5.41, 5.74) is 5.19. The maximum Gasteiger partial charge on any atom is 0.253 e. The van der Waals surface area contributed by atoms with Gasteiger partial charge in [-0.25, -0.2) is 5.06 Å². The van der Waals surface area contributed by atoms with E-state index in [0.29, 0.717) is 32.6 Å². The smallest absolute Gasteiger partial charge is 0.253 e. The molecule has 0 saturated carbocycles. The Morgan fingerprint density at radius 1 is 1.57 bits per heavy atom. The quantitative estimate of drug-likeness (QED) is 0.642. The highest BCUT2D eigenvalue weighted by Gasteiger charge is 2.40. The highest BCUT2D eigenvalue weighted by atomic mass is 16.7.